The number of benzene rings is 1. The first-order chi connectivity index (χ1) is 8.59. The fourth-order valence-corrected chi connectivity index (χ4v) is 1.52. The van der Waals surface area contributed by atoms with Gasteiger partial charge in [0.2, 0.25) is 0 Å². The second kappa shape index (κ2) is 4.82. The minimum absolute atomic E-state index is 0.145. The molecule has 0 aliphatic rings. The molecule has 1 amide bonds. The number of carbonyl (C=O) groups is 1. The predicted molar refractivity (Wildman–Crippen MR) is 60.2 cm³/mol. The SMILES string of the molecule is CN(Cc1ncn[nH]1)C(=O)c1c(O)cccc1F. The zero-order chi connectivity index (χ0) is 13.1. The molecular weight excluding hydrogens is 239 g/mol. The van der Waals surface area contributed by atoms with Crippen LogP contribution in [0.1, 0.15) is 16.2 Å². The number of rotatable bonds is 3. The van der Waals surface area contributed by atoms with Crippen molar-refractivity contribution in [2.45, 2.75) is 6.54 Å². The quantitative estimate of drug-likeness (QED) is 0.848. The van der Waals surface area contributed by atoms with Gasteiger partial charge in [0.15, 0.2) is 0 Å². The summed E-state index contributed by atoms with van der Waals surface area (Å²) in [6.45, 7) is 0.145. The molecular formula is C11H11FN4O2. The van der Waals surface area contributed by atoms with Crippen molar-refractivity contribution in [3.8, 4) is 5.75 Å². The summed E-state index contributed by atoms with van der Waals surface area (Å²) >= 11 is 0. The number of phenolic OH excluding ortho intramolecular Hbond substituents is 1. The second-order valence-electron chi connectivity index (χ2n) is 3.73. The lowest BCUT2D eigenvalue weighted by molar-refractivity contribution is 0.0773. The molecule has 7 heteroatoms. The maximum Gasteiger partial charge on any atom is 0.260 e. The van der Waals surface area contributed by atoms with Crippen LogP contribution >= 0.6 is 0 Å². The number of nitrogens with one attached hydrogen (secondary N) is 1. The van der Waals surface area contributed by atoms with Crippen molar-refractivity contribution in [2.24, 2.45) is 0 Å². The van der Waals surface area contributed by atoms with Crippen molar-refractivity contribution in [2.75, 3.05) is 7.05 Å². The summed E-state index contributed by atoms with van der Waals surface area (Å²) in [5, 5.41) is 15.8. The molecule has 0 saturated heterocycles. The van der Waals surface area contributed by atoms with Crippen LogP contribution in [0.4, 0.5) is 4.39 Å². The van der Waals surface area contributed by atoms with E-state index in [-0.39, 0.29) is 17.9 Å². The molecule has 0 aliphatic carbocycles. The summed E-state index contributed by atoms with van der Waals surface area (Å²) in [4.78, 5) is 17.1. The topological polar surface area (TPSA) is 82.1 Å². The Morgan fingerprint density at radius 3 is 2.94 bits per heavy atom. The van der Waals surface area contributed by atoms with Gasteiger partial charge in [-0.1, -0.05) is 6.07 Å². The Balaban J connectivity index is 2.21. The highest BCUT2D eigenvalue weighted by molar-refractivity contribution is 5.96. The van der Waals surface area contributed by atoms with E-state index in [2.05, 4.69) is 15.2 Å². The number of carbonyl (C=O) groups excluding carboxylic acids is 1. The van der Waals surface area contributed by atoms with E-state index in [4.69, 9.17) is 0 Å². The molecule has 0 bridgehead atoms. The Labute approximate surface area is 102 Å². The van der Waals surface area contributed by atoms with E-state index < -0.39 is 11.7 Å². The van der Waals surface area contributed by atoms with Gasteiger partial charge in [-0.25, -0.2) is 9.37 Å². The number of amides is 1. The van der Waals surface area contributed by atoms with Crippen LogP contribution in [0, 0.1) is 5.82 Å². The van der Waals surface area contributed by atoms with Crippen molar-refractivity contribution < 1.29 is 14.3 Å². The van der Waals surface area contributed by atoms with Crippen LogP contribution < -0.4 is 0 Å². The number of hydrogen-bond acceptors (Lipinski definition) is 4. The number of nitrogens with zero attached hydrogens (tertiary/aromatic N) is 3. The number of aromatic amines is 1. The lowest BCUT2D eigenvalue weighted by atomic mass is 10.1. The Morgan fingerprint density at radius 1 is 1.56 bits per heavy atom. The number of H-pyrrole nitrogens is 1. The van der Waals surface area contributed by atoms with Crippen LogP contribution in [0.25, 0.3) is 0 Å². The first-order valence-corrected chi connectivity index (χ1v) is 5.16. The Bertz CT molecular complexity index is 536. The average molecular weight is 250 g/mol. The van der Waals surface area contributed by atoms with Gasteiger partial charge in [-0.05, 0) is 12.1 Å². The number of hydrogen-bond donors (Lipinski definition) is 2. The van der Waals surface area contributed by atoms with Crippen LogP contribution in [-0.2, 0) is 6.54 Å². The molecule has 1 aromatic heterocycles. The third-order valence-corrected chi connectivity index (χ3v) is 2.40. The molecule has 94 valence electrons. The van der Waals surface area contributed by atoms with E-state index in [1.165, 1.54) is 30.4 Å². The molecule has 1 heterocycles. The molecule has 0 spiro atoms. The van der Waals surface area contributed by atoms with Gasteiger partial charge in [-0.3, -0.25) is 9.89 Å². The molecule has 0 radical (unpaired) electrons. The molecule has 2 rings (SSSR count). The van der Waals surface area contributed by atoms with Crippen molar-refractivity contribution in [3.63, 3.8) is 0 Å². The van der Waals surface area contributed by atoms with Gasteiger partial charge in [0.05, 0.1) is 6.54 Å². The highest BCUT2D eigenvalue weighted by Crippen LogP contribution is 2.21. The number of halogens is 1. The highest BCUT2D eigenvalue weighted by Gasteiger charge is 2.20. The largest absolute Gasteiger partial charge is 0.507 e. The second-order valence-corrected chi connectivity index (χ2v) is 3.73. The fraction of sp³-hybridized carbons (Fsp3) is 0.182. The van der Waals surface area contributed by atoms with Crippen LogP contribution in [0.15, 0.2) is 24.5 Å². The molecule has 6 nitrogen and oxygen atoms in total. The van der Waals surface area contributed by atoms with Crippen LogP contribution in [0.3, 0.4) is 0 Å². The van der Waals surface area contributed by atoms with Crippen molar-refractivity contribution >= 4 is 5.91 Å². The van der Waals surface area contributed by atoms with Gasteiger partial charge in [0.25, 0.3) is 5.91 Å². The number of aromatic nitrogens is 3. The maximum absolute atomic E-state index is 13.5. The molecule has 0 aliphatic heterocycles. The molecule has 0 atom stereocenters. The average Bonchev–Trinajstić information content (AvgIpc) is 2.81. The maximum atomic E-state index is 13.5. The van der Waals surface area contributed by atoms with Gasteiger partial charge < -0.3 is 10.0 Å². The van der Waals surface area contributed by atoms with E-state index >= 15 is 0 Å². The molecule has 1 aromatic carbocycles. The third-order valence-electron chi connectivity index (χ3n) is 2.40. The molecule has 2 aromatic rings. The Hall–Kier alpha value is -2.44. The standard InChI is InChI=1S/C11H11FN4O2/c1-16(5-9-13-6-14-15-9)11(18)10-7(12)3-2-4-8(10)17/h2-4,6,17H,5H2,1H3,(H,13,14,15). The number of aromatic hydroxyl groups is 1. The normalized spacial score (nSPS) is 10.3. The molecule has 18 heavy (non-hydrogen) atoms. The van der Waals surface area contributed by atoms with Crippen molar-refractivity contribution in [1.29, 1.82) is 0 Å². The first kappa shape index (κ1) is 12.0. The minimum atomic E-state index is -0.760. The summed E-state index contributed by atoms with van der Waals surface area (Å²) in [5.74, 6) is -1.29. The Kier molecular flexibility index (Phi) is 3.22. The number of phenols is 1. The summed E-state index contributed by atoms with van der Waals surface area (Å²) in [7, 11) is 1.48. The third kappa shape index (κ3) is 2.29. The van der Waals surface area contributed by atoms with E-state index in [0.717, 1.165) is 6.07 Å². The van der Waals surface area contributed by atoms with E-state index in [1.807, 2.05) is 0 Å². The fourth-order valence-electron chi connectivity index (χ4n) is 1.52. The lowest BCUT2D eigenvalue weighted by Gasteiger charge is -2.16. The van der Waals surface area contributed by atoms with E-state index in [9.17, 15) is 14.3 Å². The zero-order valence-corrected chi connectivity index (χ0v) is 9.59. The summed E-state index contributed by atoms with van der Waals surface area (Å²) in [5.41, 5.74) is -0.348. The first-order valence-electron chi connectivity index (χ1n) is 5.16. The molecule has 0 fully saturated rings. The summed E-state index contributed by atoms with van der Waals surface area (Å²) in [6, 6.07) is 3.71. The molecule has 2 N–H and O–H groups in total. The van der Waals surface area contributed by atoms with Crippen LogP contribution in [0.2, 0.25) is 0 Å². The predicted octanol–water partition coefficient (Wildman–Crippen LogP) is 0.922. The minimum Gasteiger partial charge on any atom is -0.507 e. The van der Waals surface area contributed by atoms with Crippen LogP contribution in [0.5, 0.6) is 5.75 Å². The highest BCUT2D eigenvalue weighted by atomic mass is 19.1. The molecule has 0 unspecified atom stereocenters. The van der Waals surface area contributed by atoms with Crippen molar-refractivity contribution in [1.82, 2.24) is 20.1 Å². The van der Waals surface area contributed by atoms with Gasteiger partial charge in [0, 0.05) is 7.05 Å². The zero-order valence-electron chi connectivity index (χ0n) is 9.59. The van der Waals surface area contributed by atoms with Gasteiger partial charge in [0.1, 0.15) is 29.3 Å². The molecule has 0 saturated carbocycles. The van der Waals surface area contributed by atoms with Gasteiger partial charge >= 0.3 is 0 Å². The van der Waals surface area contributed by atoms with E-state index in [1.54, 1.807) is 0 Å². The monoisotopic (exact) mass is 250 g/mol. The van der Waals surface area contributed by atoms with Gasteiger partial charge in [-0.2, -0.15) is 5.10 Å². The van der Waals surface area contributed by atoms with E-state index in [0.29, 0.717) is 5.82 Å². The van der Waals surface area contributed by atoms with Crippen molar-refractivity contribution in [3.05, 3.63) is 41.7 Å². The Morgan fingerprint density at radius 2 is 2.33 bits per heavy atom. The summed E-state index contributed by atoms with van der Waals surface area (Å²) in [6.07, 6.45) is 1.31. The van der Waals surface area contributed by atoms with Crippen LogP contribution in [-0.4, -0.2) is 38.1 Å². The smallest absolute Gasteiger partial charge is 0.260 e. The summed E-state index contributed by atoms with van der Waals surface area (Å²) < 4.78 is 13.5. The van der Waals surface area contributed by atoms with Gasteiger partial charge in [-0.15, -0.1) is 0 Å². The lowest BCUT2D eigenvalue weighted by Crippen LogP contribution is -2.27.